The fourth-order valence-electron chi connectivity index (χ4n) is 4.17. The van der Waals surface area contributed by atoms with Crippen molar-refractivity contribution in [2.75, 3.05) is 0 Å². The second-order valence-electron chi connectivity index (χ2n) is 8.92. The van der Waals surface area contributed by atoms with Gasteiger partial charge in [0.1, 0.15) is 0 Å². The topological polar surface area (TPSA) is 54.4 Å². The highest BCUT2D eigenvalue weighted by atomic mass is 16.4. The zero-order valence-electron chi connectivity index (χ0n) is 18.6. The summed E-state index contributed by atoms with van der Waals surface area (Å²) in [6, 6.07) is 21.1. The second kappa shape index (κ2) is 8.43. The first-order valence-corrected chi connectivity index (χ1v) is 10.7. The Morgan fingerprint density at radius 2 is 1.69 bits per heavy atom. The number of carboxylic acids is 1. The Balaban J connectivity index is 1.68. The number of ketones is 1. The lowest BCUT2D eigenvalue weighted by Gasteiger charge is -2.32. The Morgan fingerprint density at radius 3 is 2.41 bits per heavy atom. The van der Waals surface area contributed by atoms with Gasteiger partial charge in [-0.2, -0.15) is 0 Å². The first-order chi connectivity index (χ1) is 15.3. The molecule has 1 aliphatic carbocycles. The molecule has 0 unspecified atom stereocenters. The van der Waals surface area contributed by atoms with Crippen LogP contribution in [0.4, 0.5) is 0 Å². The van der Waals surface area contributed by atoms with Gasteiger partial charge in [-0.1, -0.05) is 86.2 Å². The van der Waals surface area contributed by atoms with Crippen molar-refractivity contribution in [2.24, 2.45) is 0 Å². The quantitative estimate of drug-likeness (QED) is 0.367. The van der Waals surface area contributed by atoms with Gasteiger partial charge in [0.05, 0.1) is 5.56 Å². The molecule has 0 saturated carbocycles. The van der Waals surface area contributed by atoms with E-state index in [0.717, 1.165) is 17.5 Å². The van der Waals surface area contributed by atoms with Gasteiger partial charge in [0.25, 0.3) is 0 Å². The van der Waals surface area contributed by atoms with Gasteiger partial charge in [0.15, 0.2) is 5.78 Å². The third-order valence-electron chi connectivity index (χ3n) is 6.11. The molecule has 0 radical (unpaired) electrons. The number of allylic oxidation sites excluding steroid dienone is 2. The van der Waals surface area contributed by atoms with Crippen molar-refractivity contribution >= 4 is 23.4 Å². The van der Waals surface area contributed by atoms with Gasteiger partial charge in [0.2, 0.25) is 0 Å². The van der Waals surface area contributed by atoms with Crippen molar-refractivity contribution in [3.05, 3.63) is 118 Å². The average Bonchev–Trinajstić information content (AvgIpc) is 2.78. The average molecular weight is 423 g/mol. The highest BCUT2D eigenvalue weighted by Gasteiger charge is 2.29. The Kier molecular flexibility index (Phi) is 5.67. The maximum atomic E-state index is 12.9. The molecular weight excluding hydrogens is 396 g/mol. The highest BCUT2D eigenvalue weighted by molar-refractivity contribution is 6.08. The van der Waals surface area contributed by atoms with Crippen LogP contribution in [0.15, 0.2) is 78.9 Å². The number of fused-ring (bicyclic) bond motifs is 1. The Labute approximate surface area is 188 Å². The van der Waals surface area contributed by atoms with E-state index in [9.17, 15) is 14.7 Å². The summed E-state index contributed by atoms with van der Waals surface area (Å²) in [5.41, 5.74) is 7.11. The summed E-state index contributed by atoms with van der Waals surface area (Å²) in [6.07, 6.45) is 6.21. The second-order valence-corrected chi connectivity index (χ2v) is 8.92. The van der Waals surface area contributed by atoms with E-state index in [4.69, 9.17) is 0 Å². The molecule has 0 amide bonds. The van der Waals surface area contributed by atoms with Crippen molar-refractivity contribution < 1.29 is 14.7 Å². The van der Waals surface area contributed by atoms with Crippen molar-refractivity contribution in [3.63, 3.8) is 0 Å². The van der Waals surface area contributed by atoms with Crippen LogP contribution in [0, 0.1) is 6.92 Å². The van der Waals surface area contributed by atoms with E-state index in [2.05, 4.69) is 51.1 Å². The van der Waals surface area contributed by atoms with E-state index in [1.165, 1.54) is 28.8 Å². The third kappa shape index (κ3) is 4.19. The van der Waals surface area contributed by atoms with Crippen LogP contribution in [0.2, 0.25) is 0 Å². The van der Waals surface area contributed by atoms with E-state index < -0.39 is 5.97 Å². The lowest BCUT2D eigenvalue weighted by atomic mass is 9.71. The monoisotopic (exact) mass is 422 g/mol. The van der Waals surface area contributed by atoms with Gasteiger partial charge in [-0.05, 0) is 64.8 Å². The van der Waals surface area contributed by atoms with Gasteiger partial charge in [-0.15, -0.1) is 0 Å². The molecule has 0 aliphatic heterocycles. The van der Waals surface area contributed by atoms with E-state index in [1.54, 1.807) is 24.3 Å². The predicted octanol–water partition coefficient (Wildman–Crippen LogP) is 6.70. The summed E-state index contributed by atoms with van der Waals surface area (Å²) in [5, 5.41) is 9.35. The lowest BCUT2D eigenvalue weighted by molar-refractivity contribution is 0.0696. The molecule has 0 bridgehead atoms. The molecule has 0 saturated heterocycles. The van der Waals surface area contributed by atoms with Crippen LogP contribution in [-0.2, 0) is 5.41 Å². The summed E-state index contributed by atoms with van der Waals surface area (Å²) in [7, 11) is 0. The van der Waals surface area contributed by atoms with Gasteiger partial charge < -0.3 is 5.11 Å². The van der Waals surface area contributed by atoms with E-state index in [0.29, 0.717) is 11.1 Å². The number of carbonyl (C=O) groups is 2. The first kappa shape index (κ1) is 21.5. The fraction of sp³-hybridized carbons (Fsp3) is 0.172. The normalized spacial score (nSPS) is 14.7. The number of carboxylic acid groups (broad SMARTS) is 1. The number of aromatic carboxylic acids is 1. The number of aryl methyl sites for hydroxylation is 1. The summed E-state index contributed by atoms with van der Waals surface area (Å²) in [6.45, 7) is 6.47. The van der Waals surface area contributed by atoms with Gasteiger partial charge in [-0.25, -0.2) is 4.79 Å². The molecule has 3 nitrogen and oxygen atoms in total. The fourth-order valence-corrected chi connectivity index (χ4v) is 4.17. The Bertz CT molecular complexity index is 1260. The first-order valence-electron chi connectivity index (χ1n) is 10.7. The molecule has 0 heterocycles. The van der Waals surface area contributed by atoms with Gasteiger partial charge >= 0.3 is 5.97 Å². The maximum absolute atomic E-state index is 12.9. The van der Waals surface area contributed by atoms with Crippen molar-refractivity contribution in [1.82, 2.24) is 0 Å². The molecule has 3 heteroatoms. The molecule has 4 rings (SSSR count). The number of rotatable bonds is 5. The number of hydrogen-bond acceptors (Lipinski definition) is 2. The van der Waals surface area contributed by atoms with Crippen LogP contribution < -0.4 is 0 Å². The molecule has 0 fully saturated rings. The van der Waals surface area contributed by atoms with Gasteiger partial charge in [-0.3, -0.25) is 4.79 Å². The summed E-state index contributed by atoms with van der Waals surface area (Å²) < 4.78 is 0. The van der Waals surface area contributed by atoms with E-state index in [-0.39, 0.29) is 16.8 Å². The molecule has 3 aromatic rings. The number of carbonyl (C=O) groups excluding carboxylic acids is 1. The molecule has 1 N–H and O–H groups in total. The van der Waals surface area contributed by atoms with Crippen LogP contribution in [0.25, 0.3) is 11.6 Å². The van der Waals surface area contributed by atoms with Crippen molar-refractivity contribution in [3.8, 4) is 0 Å². The minimum absolute atomic E-state index is 0.0839. The van der Waals surface area contributed by atoms with Gasteiger partial charge in [0, 0.05) is 5.56 Å². The molecule has 0 spiro atoms. The minimum atomic E-state index is -1.01. The molecular formula is C29H26O3. The molecule has 0 atom stereocenters. The molecule has 3 aromatic carbocycles. The Hall–Kier alpha value is -3.72. The van der Waals surface area contributed by atoms with E-state index >= 15 is 0 Å². The number of benzene rings is 3. The standard InChI is InChI=1S/C29H26O3/c1-19-8-10-21(11-9-19)23-16-17-29(2,3)26-18-22(12-14-25(23)26)27(30)15-13-20-6-4-5-7-24(20)28(31)32/h4-16,18H,17H2,1-3H3,(H,31,32). The summed E-state index contributed by atoms with van der Waals surface area (Å²) >= 11 is 0. The summed E-state index contributed by atoms with van der Waals surface area (Å²) in [4.78, 5) is 24.3. The van der Waals surface area contributed by atoms with Crippen molar-refractivity contribution in [1.29, 1.82) is 0 Å². The molecule has 160 valence electrons. The van der Waals surface area contributed by atoms with Crippen LogP contribution in [0.5, 0.6) is 0 Å². The zero-order valence-corrected chi connectivity index (χ0v) is 18.6. The van der Waals surface area contributed by atoms with Crippen LogP contribution in [0.1, 0.15) is 68.8 Å². The van der Waals surface area contributed by atoms with Crippen molar-refractivity contribution in [2.45, 2.75) is 32.6 Å². The predicted molar refractivity (Wildman–Crippen MR) is 129 cm³/mol. The smallest absolute Gasteiger partial charge is 0.336 e. The molecule has 32 heavy (non-hydrogen) atoms. The maximum Gasteiger partial charge on any atom is 0.336 e. The SMILES string of the molecule is Cc1ccc(C2=CCC(C)(C)c3cc(C(=O)C=Cc4ccccc4C(=O)O)ccc32)cc1. The highest BCUT2D eigenvalue weighted by Crippen LogP contribution is 2.41. The molecule has 0 aromatic heterocycles. The van der Waals surface area contributed by atoms with Crippen LogP contribution in [-0.4, -0.2) is 16.9 Å². The lowest BCUT2D eigenvalue weighted by Crippen LogP contribution is -2.22. The van der Waals surface area contributed by atoms with Crippen LogP contribution in [0.3, 0.4) is 0 Å². The zero-order chi connectivity index (χ0) is 22.9. The summed E-state index contributed by atoms with van der Waals surface area (Å²) in [5.74, 6) is -1.15. The molecule has 1 aliphatic rings. The number of hydrogen-bond donors (Lipinski definition) is 1. The third-order valence-corrected chi connectivity index (χ3v) is 6.11. The largest absolute Gasteiger partial charge is 0.478 e. The van der Waals surface area contributed by atoms with Crippen LogP contribution >= 0.6 is 0 Å². The van der Waals surface area contributed by atoms with E-state index in [1.807, 2.05) is 18.2 Å². The Morgan fingerprint density at radius 1 is 0.969 bits per heavy atom. The minimum Gasteiger partial charge on any atom is -0.478 e.